The fourth-order valence-corrected chi connectivity index (χ4v) is 2.60. The van der Waals surface area contributed by atoms with Gasteiger partial charge in [-0.3, -0.25) is 4.79 Å². The van der Waals surface area contributed by atoms with E-state index in [1.807, 2.05) is 43.5 Å². The van der Waals surface area contributed by atoms with Crippen LogP contribution in [0, 0.1) is 6.92 Å². The molecule has 22 heavy (non-hydrogen) atoms. The highest BCUT2D eigenvalue weighted by atomic mass is 32.1. The van der Waals surface area contributed by atoms with Gasteiger partial charge in [-0.15, -0.1) is 11.3 Å². The summed E-state index contributed by atoms with van der Waals surface area (Å²) in [7, 11) is 0. The molecule has 7 heteroatoms. The van der Waals surface area contributed by atoms with Crippen LogP contribution < -0.4 is 5.32 Å². The van der Waals surface area contributed by atoms with Gasteiger partial charge in [-0.25, -0.2) is 4.98 Å². The molecule has 0 fully saturated rings. The predicted molar refractivity (Wildman–Crippen MR) is 83.6 cm³/mol. The minimum Gasteiger partial charge on any atom is -0.348 e. The van der Waals surface area contributed by atoms with Gasteiger partial charge in [0.1, 0.15) is 0 Å². The number of aromatic nitrogens is 3. The number of carbonyl (C=O) groups is 1. The molecule has 1 aromatic carbocycles. The molecule has 0 aliphatic carbocycles. The first-order valence-electron chi connectivity index (χ1n) is 6.82. The molecule has 2 heterocycles. The molecule has 1 N–H and O–H groups in total. The second-order valence-corrected chi connectivity index (χ2v) is 5.68. The second kappa shape index (κ2) is 6.07. The van der Waals surface area contributed by atoms with Crippen molar-refractivity contribution >= 4 is 17.2 Å². The van der Waals surface area contributed by atoms with Crippen LogP contribution in [-0.4, -0.2) is 27.6 Å². The Balaban J connectivity index is 1.91. The predicted octanol–water partition coefficient (Wildman–Crippen LogP) is 2.92. The minimum atomic E-state index is -0.368. The van der Waals surface area contributed by atoms with E-state index in [0.717, 1.165) is 21.8 Å². The summed E-state index contributed by atoms with van der Waals surface area (Å²) in [6.45, 7) is 4.31. The van der Waals surface area contributed by atoms with Gasteiger partial charge in [0.05, 0.1) is 10.7 Å². The van der Waals surface area contributed by atoms with Crippen molar-refractivity contribution in [3.8, 4) is 22.6 Å². The van der Waals surface area contributed by atoms with E-state index >= 15 is 0 Å². The van der Waals surface area contributed by atoms with Crippen molar-refractivity contribution in [1.29, 1.82) is 0 Å². The summed E-state index contributed by atoms with van der Waals surface area (Å²) in [5.41, 5.74) is 2.67. The van der Waals surface area contributed by atoms with E-state index in [2.05, 4.69) is 20.4 Å². The van der Waals surface area contributed by atoms with Crippen LogP contribution in [0.4, 0.5) is 0 Å². The van der Waals surface area contributed by atoms with Gasteiger partial charge in [0.2, 0.25) is 5.82 Å². The number of thiazole rings is 1. The number of benzene rings is 1. The number of carbonyl (C=O) groups excluding carboxylic acids is 1. The van der Waals surface area contributed by atoms with Crippen LogP contribution in [0.2, 0.25) is 0 Å². The Kier molecular flexibility index (Phi) is 3.97. The van der Waals surface area contributed by atoms with Crippen molar-refractivity contribution in [2.75, 3.05) is 6.54 Å². The van der Waals surface area contributed by atoms with Crippen LogP contribution >= 0.6 is 11.3 Å². The van der Waals surface area contributed by atoms with E-state index < -0.39 is 0 Å². The average molecular weight is 314 g/mol. The summed E-state index contributed by atoms with van der Waals surface area (Å²) < 4.78 is 5.00. The number of hydrogen-bond acceptors (Lipinski definition) is 6. The number of hydrogen-bond donors (Lipinski definition) is 1. The molecule has 112 valence electrons. The summed E-state index contributed by atoms with van der Waals surface area (Å²) in [6, 6.07) is 7.68. The number of aryl methyl sites for hydroxylation is 1. The van der Waals surface area contributed by atoms with Crippen LogP contribution in [0.25, 0.3) is 22.6 Å². The normalized spacial score (nSPS) is 10.6. The van der Waals surface area contributed by atoms with Gasteiger partial charge >= 0.3 is 11.8 Å². The lowest BCUT2D eigenvalue weighted by molar-refractivity contribution is 0.0912. The van der Waals surface area contributed by atoms with E-state index in [1.165, 1.54) is 0 Å². The maximum Gasteiger partial charge on any atom is 0.316 e. The van der Waals surface area contributed by atoms with Gasteiger partial charge in [0, 0.05) is 23.1 Å². The lowest BCUT2D eigenvalue weighted by Gasteiger charge is -1.99. The quantitative estimate of drug-likeness (QED) is 0.801. The third kappa shape index (κ3) is 2.89. The van der Waals surface area contributed by atoms with Gasteiger partial charge in [0.25, 0.3) is 0 Å². The molecular formula is C15H14N4O2S. The van der Waals surface area contributed by atoms with Crippen LogP contribution in [-0.2, 0) is 0 Å². The lowest BCUT2D eigenvalue weighted by atomic mass is 10.1. The van der Waals surface area contributed by atoms with E-state index in [4.69, 9.17) is 4.52 Å². The molecule has 0 radical (unpaired) electrons. The van der Waals surface area contributed by atoms with E-state index in [1.54, 1.807) is 11.3 Å². The molecule has 0 saturated heterocycles. The van der Waals surface area contributed by atoms with Crippen LogP contribution in [0.3, 0.4) is 0 Å². The molecule has 0 aliphatic heterocycles. The summed E-state index contributed by atoms with van der Waals surface area (Å²) >= 11 is 1.60. The molecule has 1 amide bonds. The largest absolute Gasteiger partial charge is 0.348 e. The van der Waals surface area contributed by atoms with Crippen molar-refractivity contribution in [1.82, 2.24) is 20.4 Å². The van der Waals surface area contributed by atoms with Crippen LogP contribution in [0.1, 0.15) is 22.6 Å². The summed E-state index contributed by atoms with van der Waals surface area (Å²) in [6.07, 6.45) is 0. The lowest BCUT2D eigenvalue weighted by Crippen LogP contribution is -2.22. The molecule has 3 aromatic rings. The molecule has 0 bridgehead atoms. The number of rotatable bonds is 4. The monoisotopic (exact) mass is 314 g/mol. The van der Waals surface area contributed by atoms with Crippen molar-refractivity contribution in [2.45, 2.75) is 13.8 Å². The van der Waals surface area contributed by atoms with E-state index in [0.29, 0.717) is 12.4 Å². The Bertz CT molecular complexity index is 809. The zero-order chi connectivity index (χ0) is 15.5. The van der Waals surface area contributed by atoms with Crippen LogP contribution in [0.5, 0.6) is 0 Å². The molecule has 0 aliphatic rings. The Labute approximate surface area is 131 Å². The Morgan fingerprint density at radius 2 is 2.14 bits per heavy atom. The number of nitrogens with zero attached hydrogens (tertiary/aromatic N) is 3. The van der Waals surface area contributed by atoms with Crippen molar-refractivity contribution in [3.63, 3.8) is 0 Å². The first kappa shape index (κ1) is 14.4. The van der Waals surface area contributed by atoms with Crippen molar-refractivity contribution in [3.05, 3.63) is 40.5 Å². The van der Waals surface area contributed by atoms with Gasteiger partial charge in [0.15, 0.2) is 0 Å². The maximum atomic E-state index is 11.7. The van der Waals surface area contributed by atoms with Crippen molar-refractivity contribution in [2.24, 2.45) is 0 Å². The molecular weight excluding hydrogens is 300 g/mol. The standard InChI is InChI=1S/C15H14N4O2S/c1-3-16-14(20)15-18-13(19-21-15)11-6-4-5-10(7-11)12-8-22-9(2)17-12/h4-8H,3H2,1-2H3,(H,16,20). The first-order valence-corrected chi connectivity index (χ1v) is 7.70. The third-order valence-electron chi connectivity index (χ3n) is 2.99. The first-order chi connectivity index (χ1) is 10.7. The number of nitrogens with one attached hydrogen (secondary N) is 1. The third-order valence-corrected chi connectivity index (χ3v) is 3.77. The van der Waals surface area contributed by atoms with Gasteiger partial charge in [-0.2, -0.15) is 4.98 Å². The highest BCUT2D eigenvalue weighted by Gasteiger charge is 2.15. The second-order valence-electron chi connectivity index (χ2n) is 4.62. The molecule has 0 spiro atoms. The highest BCUT2D eigenvalue weighted by molar-refractivity contribution is 7.09. The molecule has 3 rings (SSSR count). The Hall–Kier alpha value is -2.54. The van der Waals surface area contributed by atoms with Crippen LogP contribution in [0.15, 0.2) is 34.2 Å². The summed E-state index contributed by atoms with van der Waals surface area (Å²) in [5.74, 6) is -0.0191. The minimum absolute atomic E-state index is 0.0354. The SMILES string of the molecule is CCNC(=O)c1nc(-c2cccc(-c3csc(C)n3)c2)no1. The summed E-state index contributed by atoms with van der Waals surface area (Å²) in [5, 5.41) is 9.51. The fraction of sp³-hybridized carbons (Fsp3) is 0.200. The van der Waals surface area contributed by atoms with Crippen molar-refractivity contribution < 1.29 is 9.32 Å². The molecule has 6 nitrogen and oxygen atoms in total. The van der Waals surface area contributed by atoms with Gasteiger partial charge < -0.3 is 9.84 Å². The fourth-order valence-electron chi connectivity index (χ4n) is 1.98. The smallest absolute Gasteiger partial charge is 0.316 e. The topological polar surface area (TPSA) is 80.9 Å². The Morgan fingerprint density at radius 1 is 1.32 bits per heavy atom. The molecule has 0 atom stereocenters. The maximum absolute atomic E-state index is 11.7. The van der Waals surface area contributed by atoms with Gasteiger partial charge in [-0.05, 0) is 19.9 Å². The van der Waals surface area contributed by atoms with Gasteiger partial charge in [-0.1, -0.05) is 23.4 Å². The zero-order valence-electron chi connectivity index (χ0n) is 12.2. The molecule has 0 saturated carbocycles. The number of amides is 1. The molecule has 0 unspecified atom stereocenters. The van der Waals surface area contributed by atoms with E-state index in [9.17, 15) is 4.79 Å². The molecule has 2 aromatic heterocycles. The highest BCUT2D eigenvalue weighted by Crippen LogP contribution is 2.25. The van der Waals surface area contributed by atoms with E-state index in [-0.39, 0.29) is 11.8 Å². The summed E-state index contributed by atoms with van der Waals surface area (Å²) in [4.78, 5) is 20.3. The zero-order valence-corrected chi connectivity index (χ0v) is 13.0. The average Bonchev–Trinajstić information content (AvgIpc) is 3.17. The Morgan fingerprint density at radius 3 is 2.86 bits per heavy atom.